The van der Waals surface area contributed by atoms with Crippen molar-refractivity contribution in [2.45, 2.75) is 32.8 Å². The second-order valence-electron chi connectivity index (χ2n) is 7.09. The average molecular weight is 402 g/mol. The van der Waals surface area contributed by atoms with E-state index in [1.807, 2.05) is 49.4 Å². The number of ether oxygens (including phenoxy) is 1. The molecule has 3 rings (SSSR count). The van der Waals surface area contributed by atoms with Crippen LogP contribution in [0.15, 0.2) is 78.9 Å². The lowest BCUT2D eigenvalue weighted by Gasteiger charge is -2.18. The zero-order valence-electron chi connectivity index (χ0n) is 17.2. The molecule has 0 saturated heterocycles. The smallest absolute Gasteiger partial charge is 0.326 e. The van der Waals surface area contributed by atoms with Gasteiger partial charge in [-0.25, -0.2) is 4.79 Å². The van der Waals surface area contributed by atoms with Crippen molar-refractivity contribution in [2.75, 3.05) is 5.32 Å². The first-order valence-electron chi connectivity index (χ1n) is 10.0. The molecule has 3 aromatic rings. The van der Waals surface area contributed by atoms with Gasteiger partial charge in [0.05, 0.1) is 0 Å². The number of rotatable bonds is 7. The Hall–Kier alpha value is -3.60. The summed E-state index contributed by atoms with van der Waals surface area (Å²) in [6.45, 7) is 3.92. The standard InChI is InChI=1S/C25H26N2O3/c1-3-21(17-19-10-5-4-6-11-19)30-22-15-13-20(14-16-22)26-25(29)27-24(28)23-12-8-7-9-18(23)2/h4-16,21H,3,17H2,1-2H3,(H2,26,27,28,29). The highest BCUT2D eigenvalue weighted by Gasteiger charge is 2.13. The quantitative estimate of drug-likeness (QED) is 0.559. The minimum absolute atomic E-state index is 0.0706. The molecule has 0 aliphatic carbocycles. The molecule has 5 heteroatoms. The summed E-state index contributed by atoms with van der Waals surface area (Å²) in [5.41, 5.74) is 3.09. The van der Waals surface area contributed by atoms with Crippen molar-refractivity contribution in [1.82, 2.24) is 5.32 Å². The topological polar surface area (TPSA) is 67.4 Å². The van der Waals surface area contributed by atoms with Crippen LogP contribution < -0.4 is 15.4 Å². The van der Waals surface area contributed by atoms with Gasteiger partial charge in [0.1, 0.15) is 11.9 Å². The van der Waals surface area contributed by atoms with Gasteiger partial charge < -0.3 is 10.1 Å². The molecule has 0 aromatic heterocycles. The summed E-state index contributed by atoms with van der Waals surface area (Å²) < 4.78 is 6.08. The number of amides is 3. The highest BCUT2D eigenvalue weighted by molar-refractivity contribution is 6.08. The van der Waals surface area contributed by atoms with Gasteiger partial charge in [-0.3, -0.25) is 10.1 Å². The first-order chi connectivity index (χ1) is 14.5. The molecular formula is C25H26N2O3. The number of imide groups is 1. The number of urea groups is 1. The SMILES string of the molecule is CCC(Cc1ccccc1)Oc1ccc(NC(=O)NC(=O)c2ccccc2C)cc1. The van der Waals surface area contributed by atoms with E-state index in [2.05, 4.69) is 29.7 Å². The van der Waals surface area contributed by atoms with Gasteiger partial charge in [-0.05, 0) is 54.8 Å². The molecule has 0 aliphatic rings. The van der Waals surface area contributed by atoms with Gasteiger partial charge in [0.15, 0.2) is 0 Å². The molecule has 0 spiro atoms. The Morgan fingerprint density at radius 3 is 2.23 bits per heavy atom. The molecule has 3 aromatic carbocycles. The highest BCUT2D eigenvalue weighted by Crippen LogP contribution is 2.19. The van der Waals surface area contributed by atoms with E-state index in [0.717, 1.165) is 24.2 Å². The Morgan fingerprint density at radius 2 is 1.57 bits per heavy atom. The predicted octanol–water partition coefficient (Wildman–Crippen LogP) is 5.36. The van der Waals surface area contributed by atoms with E-state index in [1.54, 1.807) is 24.3 Å². The summed E-state index contributed by atoms with van der Waals surface area (Å²) in [6, 6.07) is 23.9. The molecule has 3 amide bonds. The van der Waals surface area contributed by atoms with Crippen molar-refractivity contribution in [1.29, 1.82) is 0 Å². The van der Waals surface area contributed by atoms with Crippen LogP contribution in [0.5, 0.6) is 5.75 Å². The summed E-state index contributed by atoms with van der Waals surface area (Å²) in [6.07, 6.45) is 1.79. The number of carbonyl (C=O) groups is 2. The average Bonchev–Trinajstić information content (AvgIpc) is 2.75. The van der Waals surface area contributed by atoms with Gasteiger partial charge in [0, 0.05) is 17.7 Å². The molecule has 0 aliphatic heterocycles. The van der Waals surface area contributed by atoms with E-state index < -0.39 is 11.9 Å². The van der Waals surface area contributed by atoms with Gasteiger partial charge in [-0.1, -0.05) is 55.5 Å². The van der Waals surface area contributed by atoms with E-state index in [-0.39, 0.29) is 6.10 Å². The van der Waals surface area contributed by atoms with Gasteiger partial charge in [0.25, 0.3) is 5.91 Å². The number of nitrogens with one attached hydrogen (secondary N) is 2. The maximum atomic E-state index is 12.2. The van der Waals surface area contributed by atoms with E-state index in [1.165, 1.54) is 5.56 Å². The van der Waals surface area contributed by atoms with Crippen molar-refractivity contribution >= 4 is 17.6 Å². The second kappa shape index (κ2) is 10.3. The minimum atomic E-state index is -0.576. The van der Waals surface area contributed by atoms with E-state index in [0.29, 0.717) is 11.3 Å². The Kier molecular flexibility index (Phi) is 7.22. The fraction of sp³-hybridized carbons (Fsp3) is 0.200. The highest BCUT2D eigenvalue weighted by atomic mass is 16.5. The van der Waals surface area contributed by atoms with Crippen LogP contribution in [0.4, 0.5) is 10.5 Å². The molecule has 0 heterocycles. The summed E-state index contributed by atoms with van der Waals surface area (Å²) >= 11 is 0. The zero-order chi connectivity index (χ0) is 21.3. The Labute approximate surface area is 177 Å². The van der Waals surface area contributed by atoms with E-state index in [4.69, 9.17) is 4.74 Å². The molecule has 5 nitrogen and oxygen atoms in total. The van der Waals surface area contributed by atoms with Crippen LogP contribution in [0, 0.1) is 6.92 Å². The van der Waals surface area contributed by atoms with Crippen LogP contribution in [-0.2, 0) is 6.42 Å². The summed E-state index contributed by atoms with van der Waals surface area (Å²) in [5.74, 6) is 0.303. The van der Waals surface area contributed by atoms with Crippen LogP contribution >= 0.6 is 0 Å². The predicted molar refractivity (Wildman–Crippen MR) is 119 cm³/mol. The number of hydrogen-bond acceptors (Lipinski definition) is 3. The third-order valence-corrected chi connectivity index (χ3v) is 4.79. The molecule has 0 bridgehead atoms. The lowest BCUT2D eigenvalue weighted by atomic mass is 10.1. The normalized spacial score (nSPS) is 11.4. The van der Waals surface area contributed by atoms with Crippen molar-refractivity contribution in [3.05, 3.63) is 95.6 Å². The van der Waals surface area contributed by atoms with Crippen molar-refractivity contribution in [3.8, 4) is 5.75 Å². The van der Waals surface area contributed by atoms with E-state index >= 15 is 0 Å². The lowest BCUT2D eigenvalue weighted by Crippen LogP contribution is -2.34. The fourth-order valence-electron chi connectivity index (χ4n) is 3.12. The third-order valence-electron chi connectivity index (χ3n) is 4.79. The van der Waals surface area contributed by atoms with Crippen molar-refractivity contribution in [3.63, 3.8) is 0 Å². The maximum absolute atomic E-state index is 12.2. The first-order valence-corrected chi connectivity index (χ1v) is 10.0. The van der Waals surface area contributed by atoms with Gasteiger partial charge in [0.2, 0.25) is 0 Å². The first kappa shape index (κ1) is 21.1. The van der Waals surface area contributed by atoms with Crippen LogP contribution in [0.1, 0.15) is 34.8 Å². The summed E-state index contributed by atoms with van der Waals surface area (Å²) in [4.78, 5) is 24.4. The second-order valence-corrected chi connectivity index (χ2v) is 7.09. The number of aryl methyl sites for hydroxylation is 1. The molecule has 30 heavy (non-hydrogen) atoms. The fourth-order valence-corrected chi connectivity index (χ4v) is 3.12. The van der Waals surface area contributed by atoms with Crippen molar-refractivity contribution < 1.29 is 14.3 Å². The molecule has 0 fully saturated rings. The van der Waals surface area contributed by atoms with Crippen LogP contribution in [0.2, 0.25) is 0 Å². The number of hydrogen-bond donors (Lipinski definition) is 2. The summed E-state index contributed by atoms with van der Waals surface area (Å²) in [7, 11) is 0. The van der Waals surface area contributed by atoms with Gasteiger partial charge >= 0.3 is 6.03 Å². The molecule has 0 radical (unpaired) electrons. The summed E-state index contributed by atoms with van der Waals surface area (Å²) in [5, 5.41) is 5.02. The molecule has 0 saturated carbocycles. The van der Waals surface area contributed by atoms with E-state index in [9.17, 15) is 9.59 Å². The monoisotopic (exact) mass is 402 g/mol. The van der Waals surface area contributed by atoms with Gasteiger partial charge in [-0.15, -0.1) is 0 Å². The molecule has 154 valence electrons. The molecule has 1 unspecified atom stereocenters. The number of benzene rings is 3. The largest absolute Gasteiger partial charge is 0.490 e. The number of anilines is 1. The van der Waals surface area contributed by atoms with Crippen LogP contribution in [-0.4, -0.2) is 18.0 Å². The number of carbonyl (C=O) groups excluding carboxylic acids is 2. The Morgan fingerprint density at radius 1 is 0.900 bits per heavy atom. The Bertz CT molecular complexity index is 985. The molecule has 2 N–H and O–H groups in total. The zero-order valence-corrected chi connectivity index (χ0v) is 17.2. The third kappa shape index (κ3) is 5.95. The van der Waals surface area contributed by atoms with Crippen LogP contribution in [0.25, 0.3) is 0 Å². The minimum Gasteiger partial charge on any atom is -0.490 e. The molecular weight excluding hydrogens is 376 g/mol. The Balaban J connectivity index is 1.54. The maximum Gasteiger partial charge on any atom is 0.326 e. The van der Waals surface area contributed by atoms with Crippen molar-refractivity contribution in [2.24, 2.45) is 0 Å². The van der Waals surface area contributed by atoms with Gasteiger partial charge in [-0.2, -0.15) is 0 Å². The van der Waals surface area contributed by atoms with Crippen LogP contribution in [0.3, 0.4) is 0 Å². The molecule has 1 atom stereocenters. The lowest BCUT2D eigenvalue weighted by molar-refractivity contribution is 0.0966.